The van der Waals surface area contributed by atoms with Crippen LogP contribution in [0.5, 0.6) is 0 Å². The SMILES string of the molecule is [C-]#[N+]/C(C#N)=C1\C(=Cc2cc(CC(CC)CCCC)c(-c3cc4c(-c5ccc(CC(CCCCCCCCCC)CCC(C)CCCCCCC)s5)c5sc(-c6sc(C=C7C(=O)c8ccccc8/C7=C(/C#N)[N+]#[C-])cc6CC(CC)CCCC)cc5c(-c5ccc(CC(CCCCCCCCCC)CCCCCCCCCC)s5)c4s3)s2)C(=O)c2ccccc21. The highest BCUT2D eigenvalue weighted by Gasteiger charge is 2.36. The van der Waals surface area contributed by atoms with Gasteiger partial charge in [-0.2, -0.15) is 0 Å². The van der Waals surface area contributed by atoms with Crippen LogP contribution in [0, 0.1) is 65.4 Å². The number of nitriles is 2. The molecule has 11 rings (SSSR count). The Morgan fingerprint density at radius 3 is 1.05 bits per heavy atom. The van der Waals surface area contributed by atoms with Crippen LogP contribution in [0.1, 0.15) is 401 Å². The largest absolute Gasteiger partial charge is 0.289 e. The first-order valence-electron chi connectivity index (χ1n) is 49.5. The maximum Gasteiger partial charge on any atom is 0.270 e. The van der Waals surface area contributed by atoms with Gasteiger partial charge in [-0.3, -0.25) is 9.59 Å². The number of hydrogen-bond donors (Lipinski definition) is 0. The van der Waals surface area contributed by atoms with Crippen LogP contribution in [0.4, 0.5) is 0 Å². The van der Waals surface area contributed by atoms with Crippen molar-refractivity contribution in [3.05, 3.63) is 195 Å². The Morgan fingerprint density at radius 2 is 0.696 bits per heavy atom. The summed E-state index contributed by atoms with van der Waals surface area (Å²) in [5.74, 6) is 2.56. The lowest BCUT2D eigenvalue weighted by molar-refractivity contribution is 0.103. The fraction of sp³-hybridized carbons (Fsp3) is 0.540. The minimum Gasteiger partial charge on any atom is -0.289 e. The van der Waals surface area contributed by atoms with Crippen molar-refractivity contribution >= 4 is 123 Å². The number of allylic oxidation sites excluding steroid dienone is 6. The summed E-state index contributed by atoms with van der Waals surface area (Å²) in [4.78, 5) is 49.6. The molecule has 0 spiro atoms. The molecule has 6 aromatic heterocycles. The average Bonchev–Trinajstić information content (AvgIpc) is 1.56. The zero-order valence-electron chi connectivity index (χ0n) is 77.6. The molecular weight excluding hydrogens is 1640 g/mol. The second-order valence-electron chi connectivity index (χ2n) is 36.8. The number of thiophene rings is 6. The summed E-state index contributed by atoms with van der Waals surface area (Å²) in [6.45, 7) is 37.6. The smallest absolute Gasteiger partial charge is 0.270 e. The summed E-state index contributed by atoms with van der Waals surface area (Å²) in [6.07, 6.45) is 63.2. The van der Waals surface area contributed by atoms with Gasteiger partial charge in [-0.25, -0.2) is 20.2 Å². The minimum absolute atomic E-state index is 0.0610. The third kappa shape index (κ3) is 26.9. The first-order chi connectivity index (χ1) is 61.3. The molecule has 0 amide bonds. The Hall–Kier alpha value is -7.36. The van der Waals surface area contributed by atoms with E-state index in [9.17, 15) is 20.1 Å². The Labute approximate surface area is 778 Å². The molecule has 0 fully saturated rings. The fourth-order valence-electron chi connectivity index (χ4n) is 19.7. The topological polar surface area (TPSA) is 90.4 Å². The number of benzene rings is 3. The molecule has 9 aromatic rings. The second-order valence-corrected chi connectivity index (χ2v) is 43.4. The van der Waals surface area contributed by atoms with E-state index in [4.69, 9.17) is 13.1 Å². The lowest BCUT2D eigenvalue weighted by atomic mass is 9.87. The Bertz CT molecular complexity index is 4980. The average molecular weight is 1780 g/mol. The molecular formula is C113H144N4O2S6. The predicted molar refractivity (Wildman–Crippen MR) is 548 cm³/mol. The third-order valence-electron chi connectivity index (χ3n) is 27.1. The number of ketones is 2. The monoisotopic (exact) mass is 1780 g/mol. The van der Waals surface area contributed by atoms with Gasteiger partial charge < -0.3 is 0 Å². The Morgan fingerprint density at radius 1 is 0.360 bits per heavy atom. The first-order valence-corrected chi connectivity index (χ1v) is 54.4. The van der Waals surface area contributed by atoms with Crippen LogP contribution in [0.25, 0.3) is 93.6 Å². The highest BCUT2D eigenvalue weighted by molar-refractivity contribution is 7.29. The Balaban J connectivity index is 1.13. The molecule has 0 saturated heterocycles. The van der Waals surface area contributed by atoms with Crippen molar-refractivity contribution in [3.63, 3.8) is 0 Å². The second kappa shape index (κ2) is 52.3. The molecule has 0 radical (unpaired) electrons. The number of rotatable bonds is 58. The van der Waals surface area contributed by atoms with Gasteiger partial charge in [0.05, 0.1) is 25.3 Å². The predicted octanol–water partition coefficient (Wildman–Crippen LogP) is 38.1. The van der Waals surface area contributed by atoms with Gasteiger partial charge in [0.25, 0.3) is 11.4 Å². The van der Waals surface area contributed by atoms with Gasteiger partial charge in [0, 0.05) is 113 Å². The molecule has 0 bridgehead atoms. The number of nitrogens with zero attached hydrogens (tertiary/aromatic N) is 4. The van der Waals surface area contributed by atoms with Crippen LogP contribution in [-0.4, -0.2) is 11.6 Å². The van der Waals surface area contributed by atoms with E-state index >= 15 is 0 Å². The number of Topliss-reactive ketones (excluding diaryl/α,β-unsaturated/α-hetero) is 2. The van der Waals surface area contributed by atoms with Crippen molar-refractivity contribution in [3.8, 4) is 52.5 Å². The molecule has 4 unspecified atom stereocenters. The number of hydrogen-bond acceptors (Lipinski definition) is 10. The fourth-order valence-corrected chi connectivity index (χ4v) is 27.2. The van der Waals surface area contributed by atoms with E-state index in [2.05, 4.69) is 133 Å². The zero-order valence-corrected chi connectivity index (χ0v) is 82.5. The molecule has 4 atom stereocenters. The standard InChI is InChI=1S/C113H144N4O2S6/c1-12-20-26-30-33-36-40-44-54-82(55-45-41-37-34-31-27-21-13-2)69-86-63-65-100(120-86)106-96-75-102(110-84(67-80(18-7)52-24-16-5)71-88(122-110)73-94-104(98(77-114)116-10)90-57-47-49-59-92(90)108(94)118)125-113(96)107(101-66-64-87(121-101)70-83(56-46-42-38-35-32-28-22-14-3)62-61-79(9)51-43-39-29-23-15-4)97-76-103(124-112(97)106)111-85(68-81(19-8)53-25-17-6)72-89(123-111)74-95-105(99(78-115)117-11)91-58-48-50-60-93(91)109(95)119/h47-50,57-60,63-66,71-76,79-83H,12-46,51-56,61-62,67-70H2,1-9H3/b94-73?,95-74?,104-98+,105-99-. The molecule has 6 nitrogen and oxygen atoms in total. The molecule has 0 saturated carbocycles. The van der Waals surface area contributed by atoms with Crippen LogP contribution in [0.2, 0.25) is 0 Å². The number of carbonyl (C=O) groups is 2. The molecule has 0 aliphatic heterocycles. The van der Waals surface area contributed by atoms with Crippen molar-refractivity contribution in [1.29, 1.82) is 10.5 Å². The van der Waals surface area contributed by atoms with Crippen molar-refractivity contribution in [2.24, 2.45) is 29.6 Å². The van der Waals surface area contributed by atoms with E-state index in [1.54, 1.807) is 22.7 Å². The summed E-state index contributed by atoms with van der Waals surface area (Å²) < 4.78 is 2.60. The van der Waals surface area contributed by atoms with Crippen LogP contribution in [0.3, 0.4) is 0 Å². The van der Waals surface area contributed by atoms with E-state index in [-0.39, 0.29) is 23.0 Å². The van der Waals surface area contributed by atoms with Crippen molar-refractivity contribution in [1.82, 2.24) is 0 Å². The van der Waals surface area contributed by atoms with Crippen LogP contribution in [0.15, 0.2) is 120 Å². The van der Waals surface area contributed by atoms with Crippen molar-refractivity contribution < 1.29 is 9.59 Å². The summed E-state index contributed by atoms with van der Waals surface area (Å²) in [7, 11) is 0. The van der Waals surface area contributed by atoms with Crippen molar-refractivity contribution in [2.75, 3.05) is 0 Å². The lowest BCUT2D eigenvalue weighted by Gasteiger charge is -2.19. The van der Waals surface area contributed by atoms with Crippen LogP contribution in [-0.2, 0) is 25.7 Å². The molecule has 6 heterocycles. The van der Waals surface area contributed by atoms with Crippen molar-refractivity contribution in [2.45, 2.75) is 364 Å². The summed E-state index contributed by atoms with van der Waals surface area (Å²) in [6, 6.07) is 39.3. The van der Waals surface area contributed by atoms with Gasteiger partial charge in [0.1, 0.15) is 0 Å². The molecule has 125 heavy (non-hydrogen) atoms. The highest BCUT2D eigenvalue weighted by atomic mass is 32.1. The number of carbonyl (C=O) groups excluding carboxylic acids is 2. The molecule has 0 N–H and O–H groups in total. The maximum absolute atomic E-state index is 14.8. The van der Waals surface area contributed by atoms with Gasteiger partial charge in [0.15, 0.2) is 11.6 Å². The highest BCUT2D eigenvalue weighted by Crippen LogP contribution is 2.57. The van der Waals surface area contributed by atoms with Crippen LogP contribution < -0.4 is 0 Å². The van der Waals surface area contributed by atoms with Gasteiger partial charge >= 0.3 is 0 Å². The number of unbranched alkanes of at least 4 members (excludes halogenated alkanes) is 27. The van der Waals surface area contributed by atoms with E-state index < -0.39 is 0 Å². The summed E-state index contributed by atoms with van der Waals surface area (Å²) in [5.41, 5.74) is 9.12. The molecule has 3 aromatic carbocycles. The quantitative estimate of drug-likeness (QED) is 0.0164. The zero-order chi connectivity index (χ0) is 88.2. The molecule has 2 aliphatic carbocycles. The minimum atomic E-state index is -0.148. The normalized spacial score (nSPS) is 15.2. The van der Waals surface area contributed by atoms with E-state index in [0.717, 1.165) is 92.7 Å². The number of fused-ring (bicyclic) bond motifs is 4. The first kappa shape index (κ1) is 98.2. The van der Waals surface area contributed by atoms with E-state index in [1.807, 2.05) is 106 Å². The molecule has 2 aliphatic rings. The Kier molecular flexibility index (Phi) is 41.1. The van der Waals surface area contributed by atoms with E-state index in [1.165, 1.54) is 306 Å². The maximum atomic E-state index is 14.8. The summed E-state index contributed by atoms with van der Waals surface area (Å²) in [5, 5.41) is 23.7. The summed E-state index contributed by atoms with van der Waals surface area (Å²) >= 11 is 11.5. The van der Waals surface area contributed by atoms with Crippen LogP contribution >= 0.6 is 68.0 Å². The van der Waals surface area contributed by atoms with Gasteiger partial charge in [-0.15, -0.1) is 68.0 Å². The third-order valence-corrected chi connectivity index (χ3v) is 34.3. The van der Waals surface area contributed by atoms with Gasteiger partial charge in [0.2, 0.25) is 0 Å². The van der Waals surface area contributed by atoms with Gasteiger partial charge in [-0.05, 0) is 145 Å². The van der Waals surface area contributed by atoms with E-state index in [0.29, 0.717) is 68.2 Å². The van der Waals surface area contributed by atoms with Gasteiger partial charge in [-0.1, -0.05) is 381 Å². The molecule has 12 heteroatoms. The molecule has 664 valence electrons. The lowest BCUT2D eigenvalue weighted by Crippen LogP contribution is -2.07.